The molecule has 0 fully saturated rings. The van der Waals surface area contributed by atoms with Crippen molar-refractivity contribution in [2.45, 2.75) is 46.3 Å². The van der Waals surface area contributed by atoms with Gasteiger partial charge in [-0.15, -0.1) is 0 Å². The molecule has 6 heteroatoms. The van der Waals surface area contributed by atoms with Crippen LogP contribution < -0.4 is 5.32 Å². The van der Waals surface area contributed by atoms with Crippen LogP contribution in [0.1, 0.15) is 37.1 Å². The van der Waals surface area contributed by atoms with E-state index in [1.165, 1.54) is 5.56 Å². The molecule has 126 valence electrons. The maximum atomic E-state index is 12.4. The highest BCUT2D eigenvalue weighted by Gasteiger charge is 2.30. The van der Waals surface area contributed by atoms with Gasteiger partial charge in [0, 0.05) is 30.4 Å². The molecular weight excluding hydrogens is 304 g/mol. The summed E-state index contributed by atoms with van der Waals surface area (Å²) in [4.78, 5) is 17.7. The zero-order valence-corrected chi connectivity index (χ0v) is 14.2. The fraction of sp³-hybridized carbons (Fsp3) is 0.389. The fourth-order valence-electron chi connectivity index (χ4n) is 2.69. The van der Waals surface area contributed by atoms with Crippen molar-refractivity contribution < 1.29 is 9.63 Å². The van der Waals surface area contributed by atoms with Gasteiger partial charge in [0.1, 0.15) is 0 Å². The van der Waals surface area contributed by atoms with E-state index in [2.05, 4.69) is 22.5 Å². The van der Waals surface area contributed by atoms with E-state index in [0.29, 0.717) is 6.42 Å². The molecule has 1 aromatic carbocycles. The molecule has 6 nitrogen and oxygen atoms in total. The van der Waals surface area contributed by atoms with Gasteiger partial charge in [0.2, 0.25) is 6.10 Å². The second kappa shape index (κ2) is 6.86. The summed E-state index contributed by atoms with van der Waals surface area (Å²) in [6, 6.07) is 7.83. The predicted octanol–water partition coefficient (Wildman–Crippen LogP) is 2.91. The average molecular weight is 326 g/mol. The minimum Gasteiger partial charge on any atom is -0.382 e. The highest BCUT2D eigenvalue weighted by atomic mass is 16.6. The maximum Gasteiger partial charge on any atom is 0.268 e. The number of carbonyl (C=O) groups is 1. The molecule has 1 aromatic heterocycles. The Kier molecular flexibility index (Phi) is 4.64. The quantitative estimate of drug-likeness (QED) is 0.918. The predicted molar refractivity (Wildman–Crippen MR) is 93.1 cm³/mol. The number of hydrogen-bond donors (Lipinski definition) is 1. The van der Waals surface area contributed by atoms with E-state index in [0.717, 1.165) is 35.6 Å². The van der Waals surface area contributed by atoms with Gasteiger partial charge in [-0.1, -0.05) is 24.2 Å². The van der Waals surface area contributed by atoms with Crippen LogP contribution in [-0.2, 0) is 22.6 Å². The molecule has 1 atom stereocenters. The lowest BCUT2D eigenvalue weighted by atomic mass is 10.1. The van der Waals surface area contributed by atoms with Crippen molar-refractivity contribution in [3.63, 3.8) is 0 Å². The van der Waals surface area contributed by atoms with Crippen molar-refractivity contribution in [3.8, 4) is 0 Å². The van der Waals surface area contributed by atoms with Crippen molar-refractivity contribution in [2.75, 3.05) is 5.32 Å². The van der Waals surface area contributed by atoms with Gasteiger partial charge in [-0.2, -0.15) is 5.10 Å². The Morgan fingerprint density at radius 3 is 2.71 bits per heavy atom. The van der Waals surface area contributed by atoms with Crippen molar-refractivity contribution in [2.24, 2.45) is 5.16 Å². The van der Waals surface area contributed by atoms with Crippen LogP contribution in [0, 0.1) is 6.92 Å². The van der Waals surface area contributed by atoms with E-state index in [1.54, 1.807) is 0 Å². The Bertz CT molecular complexity index is 762. The minimum absolute atomic E-state index is 0.182. The van der Waals surface area contributed by atoms with Crippen LogP contribution in [-0.4, -0.2) is 27.5 Å². The molecule has 0 aliphatic carbocycles. The Labute approximate surface area is 141 Å². The van der Waals surface area contributed by atoms with Gasteiger partial charge < -0.3 is 10.2 Å². The topological polar surface area (TPSA) is 68.5 Å². The van der Waals surface area contributed by atoms with E-state index in [1.807, 2.05) is 49.0 Å². The van der Waals surface area contributed by atoms with Gasteiger partial charge in [0.15, 0.2) is 0 Å². The molecule has 1 amide bonds. The van der Waals surface area contributed by atoms with Gasteiger partial charge in [-0.05, 0) is 38.0 Å². The first-order valence-electron chi connectivity index (χ1n) is 8.27. The van der Waals surface area contributed by atoms with Gasteiger partial charge in [-0.3, -0.25) is 9.48 Å². The molecule has 0 spiro atoms. The summed E-state index contributed by atoms with van der Waals surface area (Å²) in [7, 11) is 0. The smallest absolute Gasteiger partial charge is 0.268 e. The fourth-order valence-corrected chi connectivity index (χ4v) is 2.69. The third-order valence-corrected chi connectivity index (χ3v) is 4.17. The summed E-state index contributed by atoms with van der Waals surface area (Å²) in [5, 5.41) is 11.4. The molecule has 1 aliphatic heterocycles. The van der Waals surface area contributed by atoms with E-state index < -0.39 is 6.10 Å². The standard InChI is InChI=1S/C18H22N4O2/c1-4-13-6-8-14(9-7-13)19-18(23)17-10-16(21-24-17)15-11-22(5-2)20-12(15)3/h6-9,11,17H,4-5,10H2,1-3H3,(H,19,23)/t17-/m1/s1. The van der Waals surface area contributed by atoms with E-state index in [4.69, 9.17) is 4.84 Å². The molecule has 0 bridgehead atoms. The zero-order valence-electron chi connectivity index (χ0n) is 14.2. The number of oxime groups is 1. The molecule has 2 heterocycles. The zero-order chi connectivity index (χ0) is 17.1. The summed E-state index contributed by atoms with van der Waals surface area (Å²) >= 11 is 0. The molecule has 0 radical (unpaired) electrons. The Hall–Kier alpha value is -2.63. The number of aryl methyl sites for hydroxylation is 3. The highest BCUT2D eigenvalue weighted by Crippen LogP contribution is 2.20. The van der Waals surface area contributed by atoms with Crippen LogP contribution in [0.25, 0.3) is 0 Å². The largest absolute Gasteiger partial charge is 0.382 e. The first-order valence-corrected chi connectivity index (χ1v) is 8.27. The molecule has 1 N–H and O–H groups in total. The molecule has 3 rings (SSSR count). The number of nitrogens with one attached hydrogen (secondary N) is 1. The number of amides is 1. The van der Waals surface area contributed by atoms with Gasteiger partial charge in [-0.25, -0.2) is 0 Å². The van der Waals surface area contributed by atoms with Crippen LogP contribution in [0.15, 0.2) is 35.6 Å². The normalized spacial score (nSPS) is 16.6. The lowest BCUT2D eigenvalue weighted by molar-refractivity contribution is -0.125. The molecule has 1 aliphatic rings. The first-order chi connectivity index (χ1) is 11.6. The molecule has 0 saturated heterocycles. The lowest BCUT2D eigenvalue weighted by Crippen LogP contribution is -2.28. The maximum absolute atomic E-state index is 12.4. The summed E-state index contributed by atoms with van der Waals surface area (Å²) in [5.41, 5.74) is 4.62. The van der Waals surface area contributed by atoms with Crippen LogP contribution in [0.2, 0.25) is 0 Å². The summed E-state index contributed by atoms with van der Waals surface area (Å²) < 4.78 is 1.86. The van der Waals surface area contributed by atoms with Crippen LogP contribution in [0.5, 0.6) is 0 Å². The lowest BCUT2D eigenvalue weighted by Gasteiger charge is -2.09. The first kappa shape index (κ1) is 16.2. The number of benzene rings is 1. The molecular formula is C18H22N4O2. The molecule has 0 saturated carbocycles. The Morgan fingerprint density at radius 1 is 1.33 bits per heavy atom. The number of nitrogens with zero attached hydrogens (tertiary/aromatic N) is 3. The monoisotopic (exact) mass is 326 g/mol. The van der Waals surface area contributed by atoms with E-state index >= 15 is 0 Å². The van der Waals surface area contributed by atoms with Crippen molar-refractivity contribution in [1.82, 2.24) is 9.78 Å². The molecule has 2 aromatic rings. The van der Waals surface area contributed by atoms with Crippen LogP contribution in [0.3, 0.4) is 0 Å². The van der Waals surface area contributed by atoms with Gasteiger partial charge in [0.05, 0.1) is 11.4 Å². The number of rotatable bonds is 5. The Balaban J connectivity index is 1.63. The highest BCUT2D eigenvalue weighted by molar-refractivity contribution is 6.06. The van der Waals surface area contributed by atoms with Gasteiger partial charge >= 0.3 is 0 Å². The van der Waals surface area contributed by atoms with Crippen molar-refractivity contribution >= 4 is 17.3 Å². The summed E-state index contributed by atoms with van der Waals surface area (Å²) in [6.45, 7) is 6.87. The third-order valence-electron chi connectivity index (χ3n) is 4.17. The van der Waals surface area contributed by atoms with E-state index in [9.17, 15) is 4.79 Å². The Morgan fingerprint density at radius 2 is 2.08 bits per heavy atom. The average Bonchev–Trinajstić information content (AvgIpc) is 3.22. The number of hydrogen-bond acceptors (Lipinski definition) is 4. The minimum atomic E-state index is -0.602. The molecule has 0 unspecified atom stereocenters. The number of aromatic nitrogens is 2. The van der Waals surface area contributed by atoms with Gasteiger partial charge in [0.25, 0.3) is 5.91 Å². The summed E-state index contributed by atoms with van der Waals surface area (Å²) in [6.07, 6.45) is 2.77. The van der Waals surface area contributed by atoms with Crippen LogP contribution in [0.4, 0.5) is 5.69 Å². The van der Waals surface area contributed by atoms with Crippen molar-refractivity contribution in [1.29, 1.82) is 0 Å². The third kappa shape index (κ3) is 3.32. The second-order valence-electron chi connectivity index (χ2n) is 5.86. The SMILES string of the molecule is CCc1ccc(NC(=O)[C@H]2CC(c3cn(CC)nc3C)=NO2)cc1. The van der Waals surface area contributed by atoms with E-state index in [-0.39, 0.29) is 5.91 Å². The molecule has 24 heavy (non-hydrogen) atoms. The van der Waals surface area contributed by atoms with Crippen molar-refractivity contribution in [3.05, 3.63) is 47.3 Å². The summed E-state index contributed by atoms with van der Waals surface area (Å²) in [5.74, 6) is -0.182. The number of anilines is 1. The number of carbonyl (C=O) groups excluding carboxylic acids is 1. The second-order valence-corrected chi connectivity index (χ2v) is 5.86. The van der Waals surface area contributed by atoms with Crippen LogP contribution >= 0.6 is 0 Å².